The molecule has 94 valence electrons. The largest absolute Gasteiger partial charge is 0.496 e. The van der Waals surface area contributed by atoms with Crippen molar-refractivity contribution in [2.45, 2.75) is 6.10 Å². The Labute approximate surface area is 119 Å². The van der Waals surface area contributed by atoms with Crippen molar-refractivity contribution in [2.75, 3.05) is 7.11 Å². The summed E-state index contributed by atoms with van der Waals surface area (Å²) in [6.45, 7) is 0. The number of aliphatic hydroxyl groups excluding tert-OH is 1. The van der Waals surface area contributed by atoms with E-state index < -0.39 is 6.10 Å². The quantitative estimate of drug-likeness (QED) is 0.916. The first-order valence-electron chi connectivity index (χ1n) is 5.39. The lowest BCUT2D eigenvalue weighted by molar-refractivity contribution is 0.214. The van der Waals surface area contributed by atoms with E-state index in [1.54, 1.807) is 25.3 Å². The number of hydrogen-bond donors (Lipinski definition) is 1. The fourth-order valence-corrected chi connectivity index (χ4v) is 2.37. The average molecular weight is 328 g/mol. The van der Waals surface area contributed by atoms with Crippen LogP contribution in [-0.4, -0.2) is 12.2 Å². The molecule has 0 aliphatic rings. The van der Waals surface area contributed by atoms with E-state index >= 15 is 0 Å². The Hall–Kier alpha value is -1.03. The van der Waals surface area contributed by atoms with Crippen LogP contribution in [0.1, 0.15) is 17.2 Å². The molecular formula is C14H12BrClO2. The molecule has 0 saturated heterocycles. The van der Waals surface area contributed by atoms with Crippen LogP contribution >= 0.6 is 27.5 Å². The summed E-state index contributed by atoms with van der Waals surface area (Å²) in [6, 6.07) is 12.7. The van der Waals surface area contributed by atoms with Gasteiger partial charge in [0.15, 0.2) is 0 Å². The Morgan fingerprint density at radius 1 is 1.22 bits per heavy atom. The molecule has 0 heterocycles. The summed E-state index contributed by atoms with van der Waals surface area (Å²) < 4.78 is 6.16. The van der Waals surface area contributed by atoms with Gasteiger partial charge in [0.05, 0.1) is 7.11 Å². The third-order valence-corrected chi connectivity index (χ3v) is 3.38. The molecule has 0 aromatic heterocycles. The number of halogens is 2. The number of aliphatic hydroxyl groups is 1. The number of rotatable bonds is 3. The predicted octanol–water partition coefficient (Wildman–Crippen LogP) is 4.19. The fraction of sp³-hybridized carbons (Fsp3) is 0.143. The van der Waals surface area contributed by atoms with Crippen LogP contribution < -0.4 is 4.74 Å². The molecule has 1 N–H and O–H groups in total. The van der Waals surface area contributed by atoms with Crippen LogP contribution in [0, 0.1) is 0 Å². The van der Waals surface area contributed by atoms with Crippen LogP contribution in [0.5, 0.6) is 5.75 Å². The molecule has 0 amide bonds. The first kappa shape index (κ1) is 13.4. The third-order valence-electron chi connectivity index (χ3n) is 2.65. The van der Waals surface area contributed by atoms with E-state index in [-0.39, 0.29) is 0 Å². The molecule has 0 bridgehead atoms. The van der Waals surface area contributed by atoms with Gasteiger partial charge in [0, 0.05) is 15.1 Å². The highest BCUT2D eigenvalue weighted by Gasteiger charge is 2.16. The van der Waals surface area contributed by atoms with Crippen molar-refractivity contribution in [3.63, 3.8) is 0 Å². The van der Waals surface area contributed by atoms with Gasteiger partial charge in [-0.15, -0.1) is 0 Å². The molecule has 4 heteroatoms. The van der Waals surface area contributed by atoms with E-state index in [0.29, 0.717) is 16.3 Å². The van der Waals surface area contributed by atoms with Crippen molar-refractivity contribution >= 4 is 27.5 Å². The van der Waals surface area contributed by atoms with Crippen LogP contribution in [0.25, 0.3) is 0 Å². The summed E-state index contributed by atoms with van der Waals surface area (Å²) in [7, 11) is 1.57. The second-order valence-corrected chi connectivity index (χ2v) is 5.20. The molecule has 2 rings (SSSR count). The molecule has 2 aromatic carbocycles. The second kappa shape index (κ2) is 5.74. The summed E-state index contributed by atoms with van der Waals surface area (Å²) >= 11 is 9.35. The highest BCUT2D eigenvalue weighted by atomic mass is 79.9. The van der Waals surface area contributed by atoms with Crippen molar-refractivity contribution in [1.82, 2.24) is 0 Å². The lowest BCUT2D eigenvalue weighted by Gasteiger charge is -2.15. The summed E-state index contributed by atoms with van der Waals surface area (Å²) in [4.78, 5) is 0. The Morgan fingerprint density at radius 2 is 2.00 bits per heavy atom. The van der Waals surface area contributed by atoms with Gasteiger partial charge in [-0.05, 0) is 35.9 Å². The fourth-order valence-electron chi connectivity index (χ4n) is 1.78. The predicted molar refractivity (Wildman–Crippen MR) is 76.2 cm³/mol. The highest BCUT2D eigenvalue weighted by Crippen LogP contribution is 2.32. The molecule has 0 fully saturated rings. The minimum atomic E-state index is -0.767. The number of methoxy groups -OCH3 is 1. The van der Waals surface area contributed by atoms with E-state index in [9.17, 15) is 5.11 Å². The van der Waals surface area contributed by atoms with E-state index in [1.165, 1.54) is 0 Å². The summed E-state index contributed by atoms with van der Waals surface area (Å²) in [5, 5.41) is 11.0. The normalized spacial score (nSPS) is 12.2. The van der Waals surface area contributed by atoms with Crippen molar-refractivity contribution in [1.29, 1.82) is 0 Å². The summed E-state index contributed by atoms with van der Waals surface area (Å²) in [5.41, 5.74) is 1.44. The molecule has 1 unspecified atom stereocenters. The molecule has 0 spiro atoms. The lowest BCUT2D eigenvalue weighted by Crippen LogP contribution is -2.02. The molecule has 18 heavy (non-hydrogen) atoms. The van der Waals surface area contributed by atoms with Crippen LogP contribution in [0.4, 0.5) is 0 Å². The monoisotopic (exact) mass is 326 g/mol. The maximum atomic E-state index is 10.4. The maximum absolute atomic E-state index is 10.4. The Morgan fingerprint density at radius 3 is 2.67 bits per heavy atom. The SMILES string of the molecule is COc1ccc(Cl)cc1C(O)c1cccc(Br)c1. The van der Waals surface area contributed by atoms with Gasteiger partial charge in [-0.1, -0.05) is 39.7 Å². The Balaban J connectivity index is 2.44. The standard InChI is InChI=1S/C14H12BrClO2/c1-18-13-6-5-11(16)8-12(13)14(17)9-3-2-4-10(15)7-9/h2-8,14,17H,1H3. The van der Waals surface area contributed by atoms with Gasteiger partial charge >= 0.3 is 0 Å². The van der Waals surface area contributed by atoms with Crippen molar-refractivity contribution in [2.24, 2.45) is 0 Å². The first-order valence-corrected chi connectivity index (χ1v) is 6.56. The lowest BCUT2D eigenvalue weighted by atomic mass is 10.0. The number of ether oxygens (including phenoxy) is 1. The minimum Gasteiger partial charge on any atom is -0.496 e. The molecule has 2 aromatic rings. The highest BCUT2D eigenvalue weighted by molar-refractivity contribution is 9.10. The zero-order chi connectivity index (χ0) is 13.1. The zero-order valence-corrected chi connectivity index (χ0v) is 12.1. The average Bonchev–Trinajstić information content (AvgIpc) is 2.38. The topological polar surface area (TPSA) is 29.5 Å². The molecule has 0 radical (unpaired) electrons. The van der Waals surface area contributed by atoms with Gasteiger partial charge in [-0.3, -0.25) is 0 Å². The molecule has 1 atom stereocenters. The second-order valence-electron chi connectivity index (χ2n) is 3.84. The molecule has 0 aliphatic heterocycles. The Bertz CT molecular complexity index is 557. The van der Waals surface area contributed by atoms with Crippen molar-refractivity contribution in [3.05, 3.63) is 63.1 Å². The van der Waals surface area contributed by atoms with E-state index in [4.69, 9.17) is 16.3 Å². The van der Waals surface area contributed by atoms with Gasteiger partial charge in [0.25, 0.3) is 0 Å². The van der Waals surface area contributed by atoms with Crippen LogP contribution in [0.2, 0.25) is 5.02 Å². The smallest absolute Gasteiger partial charge is 0.125 e. The molecule has 0 saturated carbocycles. The molecule has 0 aliphatic carbocycles. The van der Waals surface area contributed by atoms with Crippen LogP contribution in [0.3, 0.4) is 0 Å². The van der Waals surface area contributed by atoms with E-state index in [2.05, 4.69) is 15.9 Å². The summed E-state index contributed by atoms with van der Waals surface area (Å²) in [5.74, 6) is 0.617. The third kappa shape index (κ3) is 2.86. The van der Waals surface area contributed by atoms with Crippen LogP contribution in [-0.2, 0) is 0 Å². The van der Waals surface area contributed by atoms with E-state index in [0.717, 1.165) is 10.0 Å². The number of benzene rings is 2. The van der Waals surface area contributed by atoms with Crippen molar-refractivity contribution < 1.29 is 9.84 Å². The Kier molecular flexibility index (Phi) is 4.27. The van der Waals surface area contributed by atoms with Gasteiger partial charge < -0.3 is 9.84 Å². The van der Waals surface area contributed by atoms with E-state index in [1.807, 2.05) is 24.3 Å². The van der Waals surface area contributed by atoms with Crippen LogP contribution in [0.15, 0.2) is 46.9 Å². The van der Waals surface area contributed by atoms with Gasteiger partial charge in [0.2, 0.25) is 0 Å². The van der Waals surface area contributed by atoms with Gasteiger partial charge in [-0.25, -0.2) is 0 Å². The molecule has 2 nitrogen and oxygen atoms in total. The number of hydrogen-bond acceptors (Lipinski definition) is 2. The zero-order valence-electron chi connectivity index (χ0n) is 9.73. The van der Waals surface area contributed by atoms with Gasteiger partial charge in [0.1, 0.15) is 11.9 Å². The first-order chi connectivity index (χ1) is 8.61. The maximum Gasteiger partial charge on any atom is 0.125 e. The minimum absolute atomic E-state index is 0.569. The van der Waals surface area contributed by atoms with Gasteiger partial charge in [-0.2, -0.15) is 0 Å². The molecular weight excluding hydrogens is 316 g/mol. The summed E-state index contributed by atoms with van der Waals surface area (Å²) in [6.07, 6.45) is -0.767. The van der Waals surface area contributed by atoms with Crippen molar-refractivity contribution in [3.8, 4) is 5.75 Å².